The van der Waals surface area contributed by atoms with Crippen molar-refractivity contribution in [1.29, 1.82) is 0 Å². The predicted molar refractivity (Wildman–Crippen MR) is 261 cm³/mol. The topological polar surface area (TPSA) is 186 Å². The Morgan fingerprint density at radius 1 is 0.523 bits per heavy atom. The smallest absolute Gasteiger partial charge is 0.306 e. The van der Waals surface area contributed by atoms with Crippen LogP contribution in [0.5, 0.6) is 0 Å². The molecule has 1 rings (SSSR count). The van der Waals surface area contributed by atoms with Gasteiger partial charge in [0.05, 0.1) is 6.61 Å². The summed E-state index contributed by atoms with van der Waals surface area (Å²) in [7, 11) is -4.60. The van der Waals surface area contributed by atoms with Crippen LogP contribution in [0.2, 0.25) is 0 Å². The van der Waals surface area contributed by atoms with Crippen molar-refractivity contribution in [2.45, 2.75) is 275 Å². The maximum absolute atomic E-state index is 12.9. The Kier molecular flexibility index (Phi) is 39.7. The van der Waals surface area contributed by atoms with Gasteiger partial charge >= 0.3 is 11.9 Å². The van der Waals surface area contributed by atoms with Gasteiger partial charge in [0.25, 0.3) is 10.1 Å². The summed E-state index contributed by atoms with van der Waals surface area (Å²) in [6.45, 7) is 3.75. The molecule has 1 aliphatic rings. The molecule has 1 saturated heterocycles. The molecule has 0 aromatic heterocycles. The van der Waals surface area contributed by atoms with Gasteiger partial charge in [0.2, 0.25) is 0 Å². The molecule has 1 aliphatic heterocycles. The summed E-state index contributed by atoms with van der Waals surface area (Å²) in [6.07, 6.45) is 39.4. The first kappa shape index (κ1) is 61.1. The highest BCUT2D eigenvalue weighted by Gasteiger charge is 2.46. The third kappa shape index (κ3) is 36.8. The van der Waals surface area contributed by atoms with Crippen molar-refractivity contribution in [1.82, 2.24) is 0 Å². The lowest BCUT2D eigenvalue weighted by Crippen LogP contribution is -2.60. The fourth-order valence-electron chi connectivity index (χ4n) is 8.17. The van der Waals surface area contributed by atoms with Crippen LogP contribution < -0.4 is 0 Å². The molecular formula is C52H96O12S. The molecule has 1 fully saturated rings. The van der Waals surface area contributed by atoms with Gasteiger partial charge in [-0.05, 0) is 38.5 Å². The van der Waals surface area contributed by atoms with E-state index in [9.17, 15) is 37.9 Å². The minimum atomic E-state index is -4.60. The average molecular weight is 945 g/mol. The molecule has 382 valence electrons. The molecule has 0 aliphatic carbocycles. The zero-order chi connectivity index (χ0) is 47.6. The van der Waals surface area contributed by atoms with Gasteiger partial charge in [0.1, 0.15) is 36.8 Å². The van der Waals surface area contributed by atoms with Gasteiger partial charge in [-0.25, -0.2) is 0 Å². The summed E-state index contributed by atoms with van der Waals surface area (Å²) in [5, 5.41) is 31.0. The molecule has 12 nitrogen and oxygen atoms in total. The Morgan fingerprint density at radius 2 is 0.938 bits per heavy atom. The first-order chi connectivity index (χ1) is 31.5. The largest absolute Gasteiger partial charge is 0.462 e. The molecule has 0 aromatic carbocycles. The van der Waals surface area contributed by atoms with E-state index in [4.69, 9.17) is 18.9 Å². The van der Waals surface area contributed by atoms with Crippen LogP contribution >= 0.6 is 0 Å². The minimum Gasteiger partial charge on any atom is -0.462 e. The molecular weight excluding hydrogens is 849 g/mol. The number of allylic oxidation sites excluding steroid dienone is 4. The Hall–Kier alpha value is -1.87. The van der Waals surface area contributed by atoms with Crippen molar-refractivity contribution >= 4 is 22.1 Å². The van der Waals surface area contributed by atoms with Gasteiger partial charge in [-0.15, -0.1) is 0 Å². The Labute approximate surface area is 396 Å². The van der Waals surface area contributed by atoms with Gasteiger partial charge in [-0.2, -0.15) is 8.42 Å². The van der Waals surface area contributed by atoms with Crippen LogP contribution in [-0.2, 0) is 38.7 Å². The van der Waals surface area contributed by atoms with Crippen molar-refractivity contribution < 1.29 is 56.8 Å². The highest BCUT2D eigenvalue weighted by Crippen LogP contribution is 2.24. The van der Waals surface area contributed by atoms with Gasteiger partial charge in [0.15, 0.2) is 12.4 Å². The van der Waals surface area contributed by atoms with Crippen molar-refractivity contribution in [3.05, 3.63) is 24.3 Å². The van der Waals surface area contributed by atoms with E-state index in [1.54, 1.807) is 0 Å². The van der Waals surface area contributed by atoms with Crippen LogP contribution in [0.4, 0.5) is 0 Å². The lowest BCUT2D eigenvalue weighted by molar-refractivity contribution is -0.297. The Morgan fingerprint density at radius 3 is 1.40 bits per heavy atom. The summed E-state index contributed by atoms with van der Waals surface area (Å²) in [4.78, 5) is 25.5. The van der Waals surface area contributed by atoms with E-state index in [1.165, 1.54) is 135 Å². The van der Waals surface area contributed by atoms with Crippen molar-refractivity contribution in [2.24, 2.45) is 0 Å². The number of unbranched alkanes of at least 4 members (excludes halogenated alkanes) is 29. The number of rotatable bonds is 45. The molecule has 0 radical (unpaired) electrons. The summed E-state index contributed by atoms with van der Waals surface area (Å²) in [5.41, 5.74) is 0. The lowest BCUT2D eigenvalue weighted by atomic mass is 10.00. The van der Waals surface area contributed by atoms with Gasteiger partial charge in [-0.1, -0.05) is 212 Å². The highest BCUT2D eigenvalue weighted by molar-refractivity contribution is 7.85. The molecule has 0 spiro atoms. The quantitative estimate of drug-likeness (QED) is 0.0196. The van der Waals surface area contributed by atoms with Crippen LogP contribution in [-0.4, -0.2) is 96.0 Å². The second-order valence-corrected chi connectivity index (χ2v) is 20.0. The van der Waals surface area contributed by atoms with E-state index in [0.717, 1.165) is 64.2 Å². The van der Waals surface area contributed by atoms with E-state index < -0.39 is 71.2 Å². The number of aliphatic hydroxyl groups is 3. The number of carbonyl (C=O) groups is 2. The molecule has 6 atom stereocenters. The van der Waals surface area contributed by atoms with Crippen molar-refractivity contribution in [3.8, 4) is 0 Å². The van der Waals surface area contributed by atoms with Crippen LogP contribution in [0.25, 0.3) is 0 Å². The first-order valence-corrected chi connectivity index (χ1v) is 28.0. The third-order valence-corrected chi connectivity index (χ3v) is 13.0. The fourth-order valence-corrected chi connectivity index (χ4v) is 8.86. The average Bonchev–Trinajstić information content (AvgIpc) is 3.27. The summed E-state index contributed by atoms with van der Waals surface area (Å²) in [6, 6.07) is 0. The van der Waals surface area contributed by atoms with E-state index in [0.29, 0.717) is 12.8 Å². The lowest BCUT2D eigenvalue weighted by Gasteiger charge is -2.40. The maximum atomic E-state index is 12.9. The van der Waals surface area contributed by atoms with Gasteiger partial charge in [-0.3, -0.25) is 14.1 Å². The molecule has 0 saturated carbocycles. The zero-order valence-corrected chi connectivity index (χ0v) is 41.9. The number of aliphatic hydroxyl groups excluding tert-OH is 3. The maximum Gasteiger partial charge on any atom is 0.306 e. The van der Waals surface area contributed by atoms with Crippen LogP contribution in [0.1, 0.15) is 239 Å². The molecule has 2 unspecified atom stereocenters. The highest BCUT2D eigenvalue weighted by atomic mass is 32.2. The van der Waals surface area contributed by atoms with E-state index in [-0.39, 0.29) is 19.4 Å². The molecule has 0 aromatic rings. The van der Waals surface area contributed by atoms with Crippen LogP contribution in [0.15, 0.2) is 24.3 Å². The molecule has 13 heteroatoms. The Balaban J connectivity index is 2.33. The Bertz CT molecular complexity index is 1290. The van der Waals surface area contributed by atoms with E-state index in [2.05, 4.69) is 38.2 Å². The summed E-state index contributed by atoms with van der Waals surface area (Å²) < 4.78 is 54.2. The SMILES string of the molecule is CCCC/C=C/C/C=C/CCCCCCCC(=O)OC[C@H](CO[C@H]1O[C@H](CS(=O)(=O)O)[C@@H](O)C(O)C1O)OC(=O)CCCCCCCCCCCCCCCCCCCCCCCCC. The van der Waals surface area contributed by atoms with E-state index >= 15 is 0 Å². The van der Waals surface area contributed by atoms with Crippen molar-refractivity contribution in [2.75, 3.05) is 19.0 Å². The second kappa shape index (κ2) is 42.2. The zero-order valence-electron chi connectivity index (χ0n) is 41.1. The van der Waals surface area contributed by atoms with Gasteiger partial charge < -0.3 is 34.3 Å². The van der Waals surface area contributed by atoms with Crippen LogP contribution in [0.3, 0.4) is 0 Å². The normalized spacial score (nSPS) is 19.6. The van der Waals surface area contributed by atoms with Gasteiger partial charge in [0, 0.05) is 12.8 Å². The second-order valence-electron chi connectivity index (χ2n) is 18.5. The monoisotopic (exact) mass is 945 g/mol. The standard InChI is InChI=1S/C52H96O12S/c1-3-5-7-9-11-13-15-17-19-20-21-22-23-24-25-26-27-29-31-33-35-37-39-41-48(54)63-45(43-62-52-51(57)50(56)49(55)46(64-52)44-65(58,59)60)42-61-47(53)40-38-36-34-32-30-28-18-16-14-12-10-8-6-4-2/h10,12,16,18,45-46,49-52,55-57H,3-9,11,13-15,17,19-44H2,1-2H3,(H,58,59,60)/b12-10+,18-16+/t45-,46-,49-,50?,51?,52+/m1/s1. The van der Waals surface area contributed by atoms with Crippen molar-refractivity contribution in [3.63, 3.8) is 0 Å². The fraction of sp³-hybridized carbons (Fsp3) is 0.885. The molecule has 4 N–H and O–H groups in total. The molecule has 65 heavy (non-hydrogen) atoms. The summed E-state index contributed by atoms with van der Waals surface area (Å²) in [5.74, 6) is -1.99. The number of hydrogen-bond donors (Lipinski definition) is 4. The third-order valence-electron chi connectivity index (χ3n) is 12.3. The number of esters is 2. The minimum absolute atomic E-state index is 0.166. The van der Waals surface area contributed by atoms with Crippen LogP contribution in [0, 0.1) is 0 Å². The molecule has 0 amide bonds. The molecule has 1 heterocycles. The predicted octanol–water partition coefficient (Wildman–Crippen LogP) is 12.0. The first-order valence-electron chi connectivity index (χ1n) is 26.4. The number of ether oxygens (including phenoxy) is 4. The molecule has 0 bridgehead atoms. The summed E-state index contributed by atoms with van der Waals surface area (Å²) >= 11 is 0. The number of hydrogen-bond acceptors (Lipinski definition) is 11. The van der Waals surface area contributed by atoms with E-state index in [1.807, 2.05) is 0 Å². The number of carbonyl (C=O) groups excluding carboxylic acids is 2.